The third-order valence-electron chi connectivity index (χ3n) is 5.00. The maximum Gasteiger partial charge on any atom is 0.336 e. The number of nitrogens with zero attached hydrogens (tertiary/aromatic N) is 4. The van der Waals surface area contributed by atoms with Crippen molar-refractivity contribution in [2.75, 3.05) is 6.67 Å². The zero-order valence-electron chi connectivity index (χ0n) is 14.2. The average Bonchev–Trinajstić information content (AvgIpc) is 3.10. The lowest BCUT2D eigenvalue weighted by Gasteiger charge is -2.16. The molecule has 0 amide bonds. The Morgan fingerprint density at radius 2 is 2.11 bits per heavy atom. The summed E-state index contributed by atoms with van der Waals surface area (Å²) in [4.78, 5) is 30.1. The minimum absolute atomic E-state index is 0.0143. The predicted octanol–water partition coefficient (Wildman–Crippen LogP) is 2.21. The molecule has 2 aromatic heterocycles. The van der Waals surface area contributed by atoms with Crippen LogP contribution in [-0.2, 0) is 13.0 Å². The maximum atomic E-state index is 14.5. The highest BCUT2D eigenvalue weighted by molar-refractivity contribution is 5.89. The average molecular weight is 368 g/mol. The number of halogens is 2. The van der Waals surface area contributed by atoms with Crippen molar-refractivity contribution in [2.45, 2.75) is 25.3 Å². The second-order valence-corrected chi connectivity index (χ2v) is 6.41. The Hall–Kier alpha value is -3.34. The van der Waals surface area contributed by atoms with E-state index in [9.17, 15) is 18.4 Å². The summed E-state index contributed by atoms with van der Waals surface area (Å²) >= 11 is 0. The van der Waals surface area contributed by atoms with E-state index in [0.717, 1.165) is 4.57 Å². The summed E-state index contributed by atoms with van der Waals surface area (Å²) in [7, 11) is 0. The van der Waals surface area contributed by atoms with Gasteiger partial charge in [0.1, 0.15) is 12.4 Å². The number of aromatic nitrogens is 3. The molecule has 0 saturated heterocycles. The lowest BCUT2D eigenvalue weighted by molar-refractivity contribution is 0.427. The van der Waals surface area contributed by atoms with Gasteiger partial charge in [-0.25, -0.2) is 13.8 Å². The molecule has 0 aliphatic heterocycles. The van der Waals surface area contributed by atoms with E-state index >= 15 is 0 Å². The number of benzene rings is 1. The van der Waals surface area contributed by atoms with E-state index in [-0.39, 0.29) is 23.2 Å². The van der Waals surface area contributed by atoms with Gasteiger partial charge in [0.2, 0.25) is 0 Å². The molecule has 8 heteroatoms. The van der Waals surface area contributed by atoms with E-state index in [1.807, 2.05) is 6.07 Å². The lowest BCUT2D eigenvalue weighted by Crippen LogP contribution is -2.42. The highest BCUT2D eigenvalue weighted by atomic mass is 19.1. The predicted molar refractivity (Wildman–Crippen MR) is 94.2 cm³/mol. The SMILES string of the molecule is N#CCn1c2c(c(=O)n(-c3cncc4cccc(F)c34)c1=O)C(CF)CC2. The van der Waals surface area contributed by atoms with Gasteiger partial charge < -0.3 is 0 Å². The monoisotopic (exact) mass is 368 g/mol. The molecule has 3 aromatic rings. The van der Waals surface area contributed by atoms with E-state index in [1.165, 1.54) is 29.1 Å². The maximum absolute atomic E-state index is 14.5. The standard InChI is InChI=1S/C19H14F2N4O2/c20-8-11-4-5-14-17(11)18(26)25(19(27)24(14)7-6-22)15-10-23-9-12-2-1-3-13(21)16(12)15/h1-3,9-11H,4-5,7-8H2. The summed E-state index contributed by atoms with van der Waals surface area (Å²) in [5.74, 6) is -1.25. The van der Waals surface area contributed by atoms with Crippen molar-refractivity contribution < 1.29 is 8.78 Å². The molecule has 0 saturated carbocycles. The number of pyridine rings is 1. The molecular formula is C19H14F2N4O2. The van der Waals surface area contributed by atoms with Gasteiger partial charge in [0.25, 0.3) is 5.56 Å². The molecule has 0 fully saturated rings. The lowest BCUT2D eigenvalue weighted by atomic mass is 10.1. The van der Waals surface area contributed by atoms with Gasteiger partial charge in [-0.2, -0.15) is 5.26 Å². The first kappa shape index (κ1) is 17.1. The molecule has 0 spiro atoms. The highest BCUT2D eigenvalue weighted by Crippen LogP contribution is 2.31. The Bertz CT molecular complexity index is 1220. The van der Waals surface area contributed by atoms with E-state index in [1.54, 1.807) is 6.07 Å². The van der Waals surface area contributed by atoms with Crippen LogP contribution in [0.1, 0.15) is 23.6 Å². The first-order chi connectivity index (χ1) is 13.1. The van der Waals surface area contributed by atoms with E-state index in [0.29, 0.717) is 23.9 Å². The van der Waals surface area contributed by atoms with Gasteiger partial charge in [0.15, 0.2) is 0 Å². The highest BCUT2D eigenvalue weighted by Gasteiger charge is 2.31. The van der Waals surface area contributed by atoms with Crippen LogP contribution in [0, 0.1) is 17.1 Å². The first-order valence-electron chi connectivity index (χ1n) is 8.42. The summed E-state index contributed by atoms with van der Waals surface area (Å²) in [6.07, 6.45) is 3.40. The fourth-order valence-corrected chi connectivity index (χ4v) is 3.79. The molecule has 1 aliphatic carbocycles. The molecule has 0 N–H and O–H groups in total. The van der Waals surface area contributed by atoms with Crippen molar-refractivity contribution in [3.05, 3.63) is 68.5 Å². The molecule has 0 bridgehead atoms. The number of hydrogen-bond acceptors (Lipinski definition) is 4. The Morgan fingerprint density at radius 3 is 2.85 bits per heavy atom. The molecule has 1 atom stereocenters. The third-order valence-corrected chi connectivity index (χ3v) is 5.00. The van der Waals surface area contributed by atoms with Gasteiger partial charge in [-0.05, 0) is 18.9 Å². The van der Waals surface area contributed by atoms with Crippen LogP contribution in [0.3, 0.4) is 0 Å². The summed E-state index contributed by atoms with van der Waals surface area (Å²) < 4.78 is 29.9. The molecule has 1 aromatic carbocycles. The van der Waals surface area contributed by atoms with Gasteiger partial charge >= 0.3 is 5.69 Å². The molecule has 1 unspecified atom stereocenters. The molecule has 0 radical (unpaired) electrons. The number of alkyl halides is 1. The molecule has 6 nitrogen and oxygen atoms in total. The fraction of sp³-hybridized carbons (Fsp3) is 0.263. The first-order valence-corrected chi connectivity index (χ1v) is 8.42. The molecule has 2 heterocycles. The largest absolute Gasteiger partial charge is 0.336 e. The summed E-state index contributed by atoms with van der Waals surface area (Å²) in [5.41, 5.74) is -0.876. The van der Waals surface area contributed by atoms with Gasteiger partial charge in [0, 0.05) is 34.1 Å². The normalized spacial score (nSPS) is 15.7. The Balaban J connectivity index is 2.16. The van der Waals surface area contributed by atoms with Crippen LogP contribution in [0.15, 0.2) is 40.2 Å². The minimum Gasteiger partial charge on any atom is -0.283 e. The quantitative estimate of drug-likeness (QED) is 0.710. The van der Waals surface area contributed by atoms with Gasteiger partial charge in [0.05, 0.1) is 24.6 Å². The van der Waals surface area contributed by atoms with Crippen molar-refractivity contribution in [3.63, 3.8) is 0 Å². The molecule has 1 aliphatic rings. The molecule has 4 rings (SSSR count). The number of hydrogen-bond donors (Lipinski definition) is 0. The van der Waals surface area contributed by atoms with Crippen LogP contribution in [0.5, 0.6) is 0 Å². The van der Waals surface area contributed by atoms with Crippen molar-refractivity contribution in [1.29, 1.82) is 5.26 Å². The minimum atomic E-state index is -0.752. The van der Waals surface area contributed by atoms with Crippen LogP contribution < -0.4 is 11.2 Å². The number of nitriles is 1. The van der Waals surface area contributed by atoms with Crippen LogP contribution in [0.25, 0.3) is 16.5 Å². The smallest absolute Gasteiger partial charge is 0.283 e. The summed E-state index contributed by atoms with van der Waals surface area (Å²) in [6.45, 7) is -1.02. The summed E-state index contributed by atoms with van der Waals surface area (Å²) in [6, 6.07) is 6.24. The van der Waals surface area contributed by atoms with Gasteiger partial charge in [-0.1, -0.05) is 12.1 Å². The molecular weight excluding hydrogens is 354 g/mol. The topological polar surface area (TPSA) is 80.7 Å². The van der Waals surface area contributed by atoms with Crippen molar-refractivity contribution >= 4 is 10.8 Å². The Kier molecular flexibility index (Phi) is 4.07. The number of fused-ring (bicyclic) bond motifs is 2. The van der Waals surface area contributed by atoms with E-state index in [2.05, 4.69) is 4.98 Å². The van der Waals surface area contributed by atoms with Crippen molar-refractivity contribution in [3.8, 4) is 11.8 Å². The Morgan fingerprint density at radius 1 is 1.30 bits per heavy atom. The zero-order chi connectivity index (χ0) is 19.1. The summed E-state index contributed by atoms with van der Waals surface area (Å²) in [5, 5.41) is 9.60. The van der Waals surface area contributed by atoms with E-state index < -0.39 is 29.7 Å². The third kappa shape index (κ3) is 2.46. The van der Waals surface area contributed by atoms with Crippen molar-refractivity contribution in [2.24, 2.45) is 0 Å². The van der Waals surface area contributed by atoms with Crippen LogP contribution >= 0.6 is 0 Å². The van der Waals surface area contributed by atoms with Crippen LogP contribution in [0.4, 0.5) is 8.78 Å². The van der Waals surface area contributed by atoms with Crippen LogP contribution in [-0.4, -0.2) is 20.8 Å². The zero-order valence-corrected chi connectivity index (χ0v) is 14.2. The van der Waals surface area contributed by atoms with E-state index in [4.69, 9.17) is 5.26 Å². The molecule has 136 valence electrons. The van der Waals surface area contributed by atoms with Crippen molar-refractivity contribution in [1.82, 2.24) is 14.1 Å². The number of rotatable bonds is 3. The second-order valence-electron chi connectivity index (χ2n) is 6.41. The van der Waals surface area contributed by atoms with Crippen LogP contribution in [0.2, 0.25) is 0 Å². The Labute approximate surface area is 151 Å². The van der Waals surface area contributed by atoms with Gasteiger partial charge in [-0.15, -0.1) is 0 Å². The fourth-order valence-electron chi connectivity index (χ4n) is 3.79. The second kappa shape index (κ2) is 6.43. The van der Waals surface area contributed by atoms with Gasteiger partial charge in [-0.3, -0.25) is 18.7 Å². The molecule has 27 heavy (non-hydrogen) atoms.